The SMILES string of the molecule is CC(C)C(=O)C1=C(O)C(=O)N(c2ccc(Cl)cc2)C1c1cccs1. The molecule has 0 fully saturated rings. The van der Waals surface area contributed by atoms with E-state index in [1.807, 2.05) is 17.5 Å². The Labute approximate surface area is 149 Å². The zero-order valence-electron chi connectivity index (χ0n) is 13.2. The minimum atomic E-state index is -0.617. The Hall–Kier alpha value is -2.11. The number of Topliss-reactive ketones (excluding diaryl/α,β-unsaturated/α-hetero) is 1. The topological polar surface area (TPSA) is 57.6 Å². The Balaban J connectivity index is 2.15. The molecule has 0 spiro atoms. The first-order valence-electron chi connectivity index (χ1n) is 7.51. The summed E-state index contributed by atoms with van der Waals surface area (Å²) in [5.41, 5.74) is 0.744. The molecule has 1 N–H and O–H groups in total. The zero-order chi connectivity index (χ0) is 17.4. The van der Waals surface area contributed by atoms with E-state index in [2.05, 4.69) is 0 Å². The first-order chi connectivity index (χ1) is 11.4. The average molecular weight is 362 g/mol. The molecule has 1 atom stereocenters. The monoisotopic (exact) mass is 361 g/mol. The summed E-state index contributed by atoms with van der Waals surface area (Å²) in [7, 11) is 0. The molecular formula is C18H16ClNO3S. The number of nitrogens with zero attached hydrogens (tertiary/aromatic N) is 1. The molecule has 1 aromatic heterocycles. The number of rotatable bonds is 4. The molecule has 6 heteroatoms. The van der Waals surface area contributed by atoms with Crippen LogP contribution in [0.5, 0.6) is 0 Å². The number of ketones is 1. The predicted octanol–water partition coefficient (Wildman–Crippen LogP) is 4.53. The minimum absolute atomic E-state index is 0.160. The molecule has 2 heterocycles. The highest BCUT2D eigenvalue weighted by Gasteiger charge is 2.45. The number of anilines is 1. The molecular weight excluding hydrogens is 346 g/mol. The van der Waals surface area contributed by atoms with Gasteiger partial charge in [-0.2, -0.15) is 0 Å². The second kappa shape index (κ2) is 6.42. The number of amides is 1. The third kappa shape index (κ3) is 2.74. The van der Waals surface area contributed by atoms with Gasteiger partial charge in [0.05, 0.1) is 5.57 Å². The molecule has 3 rings (SSSR count). The number of aliphatic hydroxyl groups excluding tert-OH is 1. The lowest BCUT2D eigenvalue weighted by atomic mass is 9.94. The zero-order valence-corrected chi connectivity index (χ0v) is 14.8. The molecule has 1 aromatic carbocycles. The van der Waals surface area contributed by atoms with Gasteiger partial charge in [-0.1, -0.05) is 31.5 Å². The summed E-state index contributed by atoms with van der Waals surface area (Å²) >= 11 is 7.37. The second-order valence-corrected chi connectivity index (χ2v) is 7.27. The van der Waals surface area contributed by atoms with Crippen LogP contribution in [0.3, 0.4) is 0 Å². The van der Waals surface area contributed by atoms with E-state index >= 15 is 0 Å². The maximum atomic E-state index is 12.7. The Morgan fingerprint density at radius 1 is 1.25 bits per heavy atom. The van der Waals surface area contributed by atoms with E-state index < -0.39 is 17.7 Å². The highest BCUT2D eigenvalue weighted by molar-refractivity contribution is 7.10. The van der Waals surface area contributed by atoms with E-state index in [1.165, 1.54) is 16.2 Å². The molecule has 1 aliphatic rings. The van der Waals surface area contributed by atoms with Crippen LogP contribution < -0.4 is 4.90 Å². The largest absolute Gasteiger partial charge is 0.503 e. The van der Waals surface area contributed by atoms with Crippen LogP contribution in [0.25, 0.3) is 0 Å². The fourth-order valence-electron chi connectivity index (χ4n) is 2.75. The summed E-state index contributed by atoms with van der Waals surface area (Å²) in [5, 5.41) is 12.8. The Morgan fingerprint density at radius 2 is 1.92 bits per heavy atom. The predicted molar refractivity (Wildman–Crippen MR) is 95.5 cm³/mol. The van der Waals surface area contributed by atoms with E-state index in [4.69, 9.17) is 11.6 Å². The highest BCUT2D eigenvalue weighted by Crippen LogP contribution is 2.43. The highest BCUT2D eigenvalue weighted by atomic mass is 35.5. The van der Waals surface area contributed by atoms with Crippen molar-refractivity contribution in [2.24, 2.45) is 5.92 Å². The van der Waals surface area contributed by atoms with Crippen molar-refractivity contribution < 1.29 is 14.7 Å². The number of benzene rings is 1. The van der Waals surface area contributed by atoms with Gasteiger partial charge in [0, 0.05) is 21.5 Å². The Bertz CT molecular complexity index is 809. The van der Waals surface area contributed by atoms with Gasteiger partial charge in [0.2, 0.25) is 0 Å². The van der Waals surface area contributed by atoms with Crippen molar-refractivity contribution in [2.75, 3.05) is 4.90 Å². The van der Waals surface area contributed by atoms with Crippen LogP contribution >= 0.6 is 22.9 Å². The maximum Gasteiger partial charge on any atom is 0.294 e. The van der Waals surface area contributed by atoms with Crippen LogP contribution in [0, 0.1) is 5.92 Å². The lowest BCUT2D eigenvalue weighted by molar-refractivity contribution is -0.119. The van der Waals surface area contributed by atoms with Crippen molar-refractivity contribution in [1.29, 1.82) is 0 Å². The number of carbonyl (C=O) groups excluding carboxylic acids is 2. The third-order valence-electron chi connectivity index (χ3n) is 3.92. The van der Waals surface area contributed by atoms with Crippen molar-refractivity contribution in [3.8, 4) is 0 Å². The number of hydrogen-bond donors (Lipinski definition) is 1. The summed E-state index contributed by atoms with van der Waals surface area (Å²) in [4.78, 5) is 27.6. The lowest BCUT2D eigenvalue weighted by Gasteiger charge is -2.26. The van der Waals surface area contributed by atoms with Crippen molar-refractivity contribution in [1.82, 2.24) is 0 Å². The molecule has 1 amide bonds. The molecule has 124 valence electrons. The summed E-state index contributed by atoms with van der Waals surface area (Å²) in [6.07, 6.45) is 0. The molecule has 0 radical (unpaired) electrons. The van der Waals surface area contributed by atoms with Crippen molar-refractivity contribution in [3.05, 3.63) is 63.0 Å². The quantitative estimate of drug-likeness (QED) is 0.870. The van der Waals surface area contributed by atoms with Gasteiger partial charge >= 0.3 is 0 Å². The Kier molecular flexibility index (Phi) is 4.47. The van der Waals surface area contributed by atoms with Gasteiger partial charge in [-0.15, -0.1) is 11.3 Å². The van der Waals surface area contributed by atoms with Crippen LogP contribution in [0.15, 0.2) is 53.1 Å². The van der Waals surface area contributed by atoms with Crippen molar-refractivity contribution >= 4 is 40.3 Å². The van der Waals surface area contributed by atoms with Crippen molar-refractivity contribution in [3.63, 3.8) is 0 Å². The minimum Gasteiger partial charge on any atom is -0.503 e. The molecule has 24 heavy (non-hydrogen) atoms. The van der Waals surface area contributed by atoms with Crippen LogP contribution in [0.2, 0.25) is 5.02 Å². The smallest absolute Gasteiger partial charge is 0.294 e. The van der Waals surface area contributed by atoms with E-state index in [0.29, 0.717) is 10.7 Å². The molecule has 1 unspecified atom stereocenters. The summed E-state index contributed by atoms with van der Waals surface area (Å²) < 4.78 is 0. The van der Waals surface area contributed by atoms with Crippen LogP contribution in [-0.2, 0) is 9.59 Å². The molecule has 1 aliphatic heterocycles. The van der Waals surface area contributed by atoms with Gasteiger partial charge in [-0.25, -0.2) is 0 Å². The summed E-state index contributed by atoms with van der Waals surface area (Å²) in [6.45, 7) is 3.51. The van der Waals surface area contributed by atoms with Gasteiger partial charge in [0.25, 0.3) is 5.91 Å². The molecule has 0 saturated carbocycles. The molecule has 0 saturated heterocycles. The Morgan fingerprint density at radius 3 is 2.46 bits per heavy atom. The number of aliphatic hydroxyl groups is 1. The maximum absolute atomic E-state index is 12.7. The normalized spacial score (nSPS) is 17.9. The fraction of sp³-hybridized carbons (Fsp3) is 0.222. The van der Waals surface area contributed by atoms with E-state index in [0.717, 1.165) is 4.88 Å². The van der Waals surface area contributed by atoms with Gasteiger partial charge in [-0.3, -0.25) is 14.5 Å². The third-order valence-corrected chi connectivity index (χ3v) is 5.09. The van der Waals surface area contributed by atoms with Gasteiger partial charge < -0.3 is 5.11 Å². The first kappa shape index (κ1) is 16.7. The first-order valence-corrected chi connectivity index (χ1v) is 8.77. The number of hydrogen-bond acceptors (Lipinski definition) is 4. The second-order valence-electron chi connectivity index (χ2n) is 5.85. The molecule has 0 bridgehead atoms. The van der Waals surface area contributed by atoms with Gasteiger partial charge in [-0.05, 0) is 35.7 Å². The molecule has 4 nitrogen and oxygen atoms in total. The van der Waals surface area contributed by atoms with Gasteiger partial charge in [0.15, 0.2) is 11.5 Å². The van der Waals surface area contributed by atoms with Gasteiger partial charge in [0.1, 0.15) is 6.04 Å². The molecule has 0 aliphatic carbocycles. The van der Waals surface area contributed by atoms with Crippen LogP contribution in [0.1, 0.15) is 24.8 Å². The molecule has 2 aromatic rings. The number of carbonyl (C=O) groups is 2. The van der Waals surface area contributed by atoms with E-state index in [-0.39, 0.29) is 17.3 Å². The number of thiophene rings is 1. The van der Waals surface area contributed by atoms with Crippen molar-refractivity contribution in [2.45, 2.75) is 19.9 Å². The lowest BCUT2D eigenvalue weighted by Crippen LogP contribution is -2.30. The fourth-order valence-corrected chi connectivity index (χ4v) is 3.70. The van der Waals surface area contributed by atoms with Crippen LogP contribution in [-0.4, -0.2) is 16.8 Å². The summed E-state index contributed by atoms with van der Waals surface area (Å²) in [5.74, 6) is -1.58. The standard InChI is InChI=1S/C18H16ClNO3S/c1-10(2)16(21)14-15(13-4-3-9-24-13)20(18(23)17(14)22)12-7-5-11(19)6-8-12/h3-10,15,22H,1-2H3. The average Bonchev–Trinajstić information content (AvgIpc) is 3.16. The summed E-state index contributed by atoms with van der Waals surface area (Å²) in [6, 6.07) is 9.86. The number of halogens is 1. The van der Waals surface area contributed by atoms with E-state index in [9.17, 15) is 14.7 Å². The van der Waals surface area contributed by atoms with E-state index in [1.54, 1.807) is 38.1 Å². The van der Waals surface area contributed by atoms with Crippen LogP contribution in [0.4, 0.5) is 5.69 Å².